The highest BCUT2D eigenvalue weighted by Gasteiger charge is 2.22. The summed E-state index contributed by atoms with van der Waals surface area (Å²) in [6.07, 6.45) is 0.651. The van der Waals surface area contributed by atoms with Crippen LogP contribution in [0.2, 0.25) is 0 Å². The topological polar surface area (TPSA) is 32.7 Å². The van der Waals surface area contributed by atoms with Gasteiger partial charge in [-0.2, -0.15) is 0 Å². The van der Waals surface area contributed by atoms with E-state index < -0.39 is 6.10 Å². The van der Waals surface area contributed by atoms with Crippen LogP contribution in [-0.4, -0.2) is 42.9 Å². The zero-order valence-corrected chi connectivity index (χ0v) is 10.6. The zero-order valence-electron chi connectivity index (χ0n) is 10.6. The Morgan fingerprint density at radius 3 is 2.88 bits per heavy atom. The van der Waals surface area contributed by atoms with E-state index in [0.29, 0.717) is 12.6 Å². The summed E-state index contributed by atoms with van der Waals surface area (Å²) in [6, 6.07) is 8.47. The number of aliphatic hydroxyl groups is 1. The molecule has 17 heavy (non-hydrogen) atoms. The Balaban J connectivity index is 1.96. The summed E-state index contributed by atoms with van der Waals surface area (Å²) in [5, 5.41) is 10.2. The molecular weight excluding hydrogens is 214 g/mol. The lowest BCUT2D eigenvalue weighted by atomic mass is 10.0. The average Bonchev–Trinajstić information content (AvgIpc) is 2.82. The predicted octanol–water partition coefficient (Wildman–Crippen LogP) is 1.75. The van der Waals surface area contributed by atoms with Crippen LogP contribution >= 0.6 is 0 Å². The van der Waals surface area contributed by atoms with Crippen molar-refractivity contribution in [2.24, 2.45) is 0 Å². The molecule has 1 saturated heterocycles. The Labute approximate surface area is 103 Å². The monoisotopic (exact) mass is 235 g/mol. The highest BCUT2D eigenvalue weighted by molar-refractivity contribution is 5.27. The number of benzene rings is 1. The number of aliphatic hydroxyl groups excluding tert-OH is 1. The summed E-state index contributed by atoms with van der Waals surface area (Å²) in [6.45, 7) is 4.34. The van der Waals surface area contributed by atoms with Crippen LogP contribution in [0, 0.1) is 6.92 Å². The number of hydrogen-bond acceptors (Lipinski definition) is 3. The van der Waals surface area contributed by atoms with E-state index in [0.717, 1.165) is 30.8 Å². The largest absolute Gasteiger partial charge is 0.387 e. The van der Waals surface area contributed by atoms with Crippen molar-refractivity contribution in [3.05, 3.63) is 35.4 Å². The van der Waals surface area contributed by atoms with Gasteiger partial charge in [0.25, 0.3) is 0 Å². The molecular formula is C14H21NO2. The lowest BCUT2D eigenvalue weighted by Gasteiger charge is -2.26. The van der Waals surface area contributed by atoms with E-state index in [1.54, 1.807) is 0 Å². The summed E-state index contributed by atoms with van der Waals surface area (Å²) in [5.41, 5.74) is 2.18. The van der Waals surface area contributed by atoms with Gasteiger partial charge in [-0.05, 0) is 31.5 Å². The molecule has 0 saturated carbocycles. The van der Waals surface area contributed by atoms with Crippen molar-refractivity contribution in [1.82, 2.24) is 4.90 Å². The third-order valence-electron chi connectivity index (χ3n) is 3.54. The summed E-state index contributed by atoms with van der Waals surface area (Å²) in [4.78, 5) is 2.20. The number of hydrogen-bond donors (Lipinski definition) is 1. The fraction of sp³-hybridized carbons (Fsp3) is 0.571. The Morgan fingerprint density at radius 1 is 1.47 bits per heavy atom. The van der Waals surface area contributed by atoms with E-state index in [2.05, 4.69) is 11.9 Å². The second-order valence-electron chi connectivity index (χ2n) is 4.83. The van der Waals surface area contributed by atoms with E-state index in [9.17, 15) is 5.11 Å². The van der Waals surface area contributed by atoms with Gasteiger partial charge >= 0.3 is 0 Å². The standard InChI is InChI=1S/C14H21NO2/c1-11-5-3-4-6-13(11)14(16)9-15(2)12-7-8-17-10-12/h3-6,12,14,16H,7-10H2,1-2H3. The van der Waals surface area contributed by atoms with E-state index in [1.807, 2.05) is 31.2 Å². The Hall–Kier alpha value is -0.900. The third kappa shape index (κ3) is 3.06. The highest BCUT2D eigenvalue weighted by atomic mass is 16.5. The van der Waals surface area contributed by atoms with Crippen LogP contribution in [0.3, 0.4) is 0 Å². The van der Waals surface area contributed by atoms with Crippen LogP contribution in [0.15, 0.2) is 24.3 Å². The highest BCUT2D eigenvalue weighted by Crippen LogP contribution is 2.20. The minimum atomic E-state index is -0.415. The van der Waals surface area contributed by atoms with Gasteiger partial charge in [-0.15, -0.1) is 0 Å². The minimum Gasteiger partial charge on any atom is -0.387 e. The van der Waals surface area contributed by atoms with Gasteiger partial charge in [0.2, 0.25) is 0 Å². The molecule has 1 aliphatic heterocycles. The van der Waals surface area contributed by atoms with Crippen molar-refractivity contribution >= 4 is 0 Å². The third-order valence-corrected chi connectivity index (χ3v) is 3.54. The maximum atomic E-state index is 10.2. The lowest BCUT2D eigenvalue weighted by molar-refractivity contribution is 0.0946. The predicted molar refractivity (Wildman–Crippen MR) is 68.0 cm³/mol. The molecule has 0 aliphatic carbocycles. The molecule has 3 nitrogen and oxygen atoms in total. The van der Waals surface area contributed by atoms with Crippen molar-refractivity contribution in [3.63, 3.8) is 0 Å². The number of likely N-dealkylation sites (N-methyl/N-ethyl adjacent to an activating group) is 1. The molecule has 1 aliphatic rings. The van der Waals surface area contributed by atoms with Crippen LogP contribution in [0.1, 0.15) is 23.7 Å². The molecule has 0 bridgehead atoms. The van der Waals surface area contributed by atoms with Crippen LogP contribution < -0.4 is 0 Å². The maximum Gasteiger partial charge on any atom is 0.0919 e. The molecule has 3 heteroatoms. The average molecular weight is 235 g/mol. The summed E-state index contributed by atoms with van der Waals surface area (Å²) in [7, 11) is 2.06. The second-order valence-corrected chi connectivity index (χ2v) is 4.83. The SMILES string of the molecule is Cc1ccccc1C(O)CN(C)C1CCOC1. The molecule has 0 spiro atoms. The quantitative estimate of drug-likeness (QED) is 0.863. The Bertz CT molecular complexity index is 361. The molecule has 1 fully saturated rings. The van der Waals surface area contributed by atoms with Crippen molar-refractivity contribution in [3.8, 4) is 0 Å². The molecule has 0 radical (unpaired) electrons. The van der Waals surface area contributed by atoms with Crippen molar-refractivity contribution in [1.29, 1.82) is 0 Å². The van der Waals surface area contributed by atoms with Crippen molar-refractivity contribution in [2.75, 3.05) is 26.8 Å². The van der Waals surface area contributed by atoms with Crippen LogP contribution in [-0.2, 0) is 4.74 Å². The molecule has 1 aromatic carbocycles. The van der Waals surface area contributed by atoms with Crippen LogP contribution in [0.25, 0.3) is 0 Å². The molecule has 2 rings (SSSR count). The first-order valence-electron chi connectivity index (χ1n) is 6.20. The van der Waals surface area contributed by atoms with Gasteiger partial charge in [-0.3, -0.25) is 4.90 Å². The molecule has 0 amide bonds. The molecule has 2 unspecified atom stereocenters. The van der Waals surface area contributed by atoms with Crippen molar-refractivity contribution in [2.45, 2.75) is 25.5 Å². The van der Waals surface area contributed by atoms with E-state index in [4.69, 9.17) is 4.74 Å². The number of rotatable bonds is 4. The Kier molecular flexibility index (Phi) is 4.15. The van der Waals surface area contributed by atoms with Gasteiger partial charge in [-0.25, -0.2) is 0 Å². The van der Waals surface area contributed by atoms with Gasteiger partial charge in [0.15, 0.2) is 0 Å². The molecule has 2 atom stereocenters. The first-order valence-corrected chi connectivity index (χ1v) is 6.20. The maximum absolute atomic E-state index is 10.2. The van der Waals surface area contributed by atoms with Crippen molar-refractivity contribution < 1.29 is 9.84 Å². The van der Waals surface area contributed by atoms with Gasteiger partial charge in [0.1, 0.15) is 0 Å². The molecule has 1 heterocycles. The van der Waals surface area contributed by atoms with Gasteiger partial charge in [0, 0.05) is 19.2 Å². The first-order chi connectivity index (χ1) is 8.18. The molecule has 1 N–H and O–H groups in total. The molecule has 94 valence electrons. The van der Waals surface area contributed by atoms with Crippen LogP contribution in [0.4, 0.5) is 0 Å². The Morgan fingerprint density at radius 2 is 2.24 bits per heavy atom. The number of aryl methyl sites for hydroxylation is 1. The van der Waals surface area contributed by atoms with E-state index >= 15 is 0 Å². The number of nitrogens with zero attached hydrogens (tertiary/aromatic N) is 1. The van der Waals surface area contributed by atoms with E-state index in [-0.39, 0.29) is 0 Å². The smallest absolute Gasteiger partial charge is 0.0919 e. The summed E-state index contributed by atoms with van der Waals surface area (Å²) < 4.78 is 5.37. The zero-order chi connectivity index (χ0) is 12.3. The number of ether oxygens (including phenoxy) is 1. The molecule has 1 aromatic rings. The minimum absolute atomic E-state index is 0.415. The van der Waals surface area contributed by atoms with Crippen LogP contribution in [0.5, 0.6) is 0 Å². The first kappa shape index (κ1) is 12.6. The van der Waals surface area contributed by atoms with Gasteiger partial charge in [0.05, 0.1) is 12.7 Å². The lowest BCUT2D eigenvalue weighted by Crippen LogP contribution is -2.35. The van der Waals surface area contributed by atoms with Gasteiger partial charge < -0.3 is 9.84 Å². The second kappa shape index (κ2) is 5.63. The normalized spacial score (nSPS) is 22.0. The summed E-state index contributed by atoms with van der Waals surface area (Å²) >= 11 is 0. The molecule has 0 aromatic heterocycles. The fourth-order valence-corrected chi connectivity index (χ4v) is 2.35. The van der Waals surface area contributed by atoms with E-state index in [1.165, 1.54) is 0 Å². The summed E-state index contributed by atoms with van der Waals surface area (Å²) in [5.74, 6) is 0. The van der Waals surface area contributed by atoms with Gasteiger partial charge in [-0.1, -0.05) is 24.3 Å². The fourth-order valence-electron chi connectivity index (χ4n) is 2.35.